The van der Waals surface area contributed by atoms with E-state index in [-0.39, 0.29) is 27.0 Å². The second kappa shape index (κ2) is 5.64. The largest absolute Gasteiger partial charge is 0.396 e. The number of benzene rings is 2. The first-order chi connectivity index (χ1) is 9.38. The maximum atomic E-state index is 13.4. The molecule has 0 saturated carbocycles. The number of nitrogens with two attached hydrogens (primary N) is 1. The number of halogens is 4. The highest BCUT2D eigenvalue weighted by Gasteiger charge is 2.13. The molecule has 0 heterocycles. The van der Waals surface area contributed by atoms with Crippen molar-refractivity contribution >= 4 is 40.5 Å². The van der Waals surface area contributed by atoms with Gasteiger partial charge in [-0.15, -0.1) is 0 Å². The van der Waals surface area contributed by atoms with Gasteiger partial charge in [0.05, 0.1) is 21.4 Å². The standard InChI is InChI=1S/C13H8Cl2F2N2O/c14-8-3-6(4-9(15)12(8)18)13(20)19-11-2-1-7(16)5-10(11)17/h1-5H,18H2,(H,19,20). The molecule has 0 radical (unpaired) electrons. The van der Waals surface area contributed by atoms with Crippen molar-refractivity contribution in [1.29, 1.82) is 0 Å². The minimum absolute atomic E-state index is 0.109. The van der Waals surface area contributed by atoms with Crippen molar-refractivity contribution in [2.24, 2.45) is 0 Å². The van der Waals surface area contributed by atoms with Crippen LogP contribution in [0.25, 0.3) is 0 Å². The van der Waals surface area contributed by atoms with E-state index in [1.807, 2.05) is 0 Å². The van der Waals surface area contributed by atoms with E-state index in [1.165, 1.54) is 12.1 Å². The molecular weight excluding hydrogens is 309 g/mol. The smallest absolute Gasteiger partial charge is 0.255 e. The number of nitrogens with one attached hydrogen (secondary N) is 1. The Morgan fingerprint density at radius 2 is 1.70 bits per heavy atom. The van der Waals surface area contributed by atoms with Crippen LogP contribution in [0.5, 0.6) is 0 Å². The fraction of sp³-hybridized carbons (Fsp3) is 0. The molecule has 0 fully saturated rings. The van der Waals surface area contributed by atoms with Gasteiger partial charge in [-0.05, 0) is 24.3 Å². The monoisotopic (exact) mass is 316 g/mol. The fourth-order valence-corrected chi connectivity index (χ4v) is 1.99. The van der Waals surface area contributed by atoms with Crippen LogP contribution in [-0.4, -0.2) is 5.91 Å². The molecule has 0 atom stereocenters. The van der Waals surface area contributed by atoms with Crippen LogP contribution in [0.1, 0.15) is 10.4 Å². The van der Waals surface area contributed by atoms with Gasteiger partial charge >= 0.3 is 0 Å². The Labute approximate surface area is 123 Å². The first-order valence-electron chi connectivity index (χ1n) is 5.39. The zero-order valence-corrected chi connectivity index (χ0v) is 11.4. The summed E-state index contributed by atoms with van der Waals surface area (Å²) in [5, 5.41) is 2.52. The highest BCUT2D eigenvalue weighted by molar-refractivity contribution is 6.39. The Kier molecular flexibility index (Phi) is 4.11. The topological polar surface area (TPSA) is 55.1 Å². The van der Waals surface area contributed by atoms with E-state index in [1.54, 1.807) is 0 Å². The molecule has 0 saturated heterocycles. The normalized spacial score (nSPS) is 10.4. The molecule has 0 aliphatic heterocycles. The van der Waals surface area contributed by atoms with Gasteiger partial charge in [0.15, 0.2) is 0 Å². The molecule has 20 heavy (non-hydrogen) atoms. The summed E-state index contributed by atoms with van der Waals surface area (Å²) < 4.78 is 26.2. The lowest BCUT2D eigenvalue weighted by Crippen LogP contribution is -2.13. The zero-order chi connectivity index (χ0) is 14.9. The summed E-state index contributed by atoms with van der Waals surface area (Å²) in [7, 11) is 0. The summed E-state index contributed by atoms with van der Waals surface area (Å²) in [6, 6.07) is 5.42. The molecule has 0 aromatic heterocycles. The van der Waals surface area contributed by atoms with E-state index in [0.717, 1.165) is 12.1 Å². The van der Waals surface area contributed by atoms with Crippen LogP contribution in [0.4, 0.5) is 20.2 Å². The molecule has 0 bridgehead atoms. The van der Waals surface area contributed by atoms with Crippen molar-refractivity contribution in [1.82, 2.24) is 0 Å². The van der Waals surface area contributed by atoms with Gasteiger partial charge in [-0.3, -0.25) is 4.79 Å². The highest BCUT2D eigenvalue weighted by atomic mass is 35.5. The Morgan fingerprint density at radius 3 is 2.25 bits per heavy atom. The maximum Gasteiger partial charge on any atom is 0.255 e. The van der Waals surface area contributed by atoms with Crippen LogP contribution in [0.15, 0.2) is 30.3 Å². The van der Waals surface area contributed by atoms with E-state index >= 15 is 0 Å². The van der Waals surface area contributed by atoms with Gasteiger partial charge in [0.2, 0.25) is 0 Å². The molecule has 2 aromatic carbocycles. The minimum Gasteiger partial charge on any atom is -0.396 e. The highest BCUT2D eigenvalue weighted by Crippen LogP contribution is 2.29. The summed E-state index contributed by atoms with van der Waals surface area (Å²) in [6.45, 7) is 0. The second-order valence-corrected chi connectivity index (χ2v) is 4.75. The summed E-state index contributed by atoms with van der Waals surface area (Å²) in [4.78, 5) is 11.9. The SMILES string of the molecule is Nc1c(Cl)cc(C(=O)Nc2ccc(F)cc2F)cc1Cl. The molecule has 2 rings (SSSR count). The van der Waals surface area contributed by atoms with E-state index in [9.17, 15) is 13.6 Å². The van der Waals surface area contributed by atoms with Crippen LogP contribution in [0.3, 0.4) is 0 Å². The van der Waals surface area contributed by atoms with Crippen molar-refractivity contribution in [3.8, 4) is 0 Å². The van der Waals surface area contributed by atoms with Gasteiger partial charge in [-0.25, -0.2) is 8.78 Å². The second-order valence-electron chi connectivity index (χ2n) is 3.93. The van der Waals surface area contributed by atoms with Crippen LogP contribution in [-0.2, 0) is 0 Å². The van der Waals surface area contributed by atoms with E-state index in [4.69, 9.17) is 28.9 Å². The number of nitrogen functional groups attached to an aromatic ring is 1. The van der Waals surface area contributed by atoms with Gasteiger partial charge in [0.25, 0.3) is 5.91 Å². The number of amides is 1. The Morgan fingerprint density at radius 1 is 1.10 bits per heavy atom. The third-order valence-electron chi connectivity index (χ3n) is 2.52. The summed E-state index contributed by atoms with van der Waals surface area (Å²) >= 11 is 11.6. The van der Waals surface area contributed by atoms with Crippen LogP contribution in [0, 0.1) is 11.6 Å². The van der Waals surface area contributed by atoms with Gasteiger partial charge in [-0.1, -0.05) is 23.2 Å². The summed E-state index contributed by atoms with van der Waals surface area (Å²) in [5.41, 5.74) is 5.65. The van der Waals surface area contributed by atoms with E-state index in [2.05, 4.69) is 5.32 Å². The lowest BCUT2D eigenvalue weighted by Gasteiger charge is -2.08. The number of carbonyl (C=O) groups excluding carboxylic acids is 1. The summed E-state index contributed by atoms with van der Waals surface area (Å²) in [5.74, 6) is -2.26. The lowest BCUT2D eigenvalue weighted by molar-refractivity contribution is 0.102. The Bertz CT molecular complexity index is 669. The third kappa shape index (κ3) is 3.00. The average Bonchev–Trinajstić information content (AvgIpc) is 2.38. The first kappa shape index (κ1) is 14.6. The summed E-state index contributed by atoms with van der Waals surface area (Å²) in [6.07, 6.45) is 0. The van der Waals surface area contributed by atoms with Gasteiger partial charge in [0.1, 0.15) is 11.6 Å². The molecule has 2 aromatic rings. The van der Waals surface area contributed by atoms with Gasteiger partial charge < -0.3 is 11.1 Å². The molecule has 0 aliphatic rings. The Hall–Kier alpha value is -1.85. The zero-order valence-electron chi connectivity index (χ0n) is 9.88. The first-order valence-corrected chi connectivity index (χ1v) is 6.15. The number of rotatable bonds is 2. The van der Waals surface area contributed by atoms with Crippen molar-refractivity contribution in [2.75, 3.05) is 11.1 Å². The van der Waals surface area contributed by atoms with Gasteiger partial charge in [0, 0.05) is 11.6 Å². The molecule has 1 amide bonds. The molecule has 0 aliphatic carbocycles. The van der Waals surface area contributed by atoms with Crippen molar-refractivity contribution in [3.63, 3.8) is 0 Å². The quantitative estimate of drug-likeness (QED) is 0.819. The van der Waals surface area contributed by atoms with Crippen molar-refractivity contribution in [2.45, 2.75) is 0 Å². The number of hydrogen-bond acceptors (Lipinski definition) is 2. The maximum absolute atomic E-state index is 13.4. The fourth-order valence-electron chi connectivity index (χ4n) is 1.50. The molecule has 3 N–H and O–H groups in total. The van der Waals surface area contributed by atoms with Crippen LogP contribution in [0.2, 0.25) is 10.0 Å². The molecule has 0 spiro atoms. The predicted octanol–water partition coefficient (Wildman–Crippen LogP) is 4.11. The molecule has 0 unspecified atom stereocenters. The average molecular weight is 317 g/mol. The van der Waals surface area contributed by atoms with Crippen LogP contribution < -0.4 is 11.1 Å². The van der Waals surface area contributed by atoms with E-state index in [0.29, 0.717) is 6.07 Å². The molecular formula is C13H8Cl2F2N2O. The van der Waals surface area contributed by atoms with Crippen molar-refractivity contribution < 1.29 is 13.6 Å². The minimum atomic E-state index is -0.883. The molecule has 7 heteroatoms. The predicted molar refractivity (Wildman–Crippen MR) is 75.2 cm³/mol. The number of carbonyl (C=O) groups is 1. The third-order valence-corrected chi connectivity index (χ3v) is 3.15. The van der Waals surface area contributed by atoms with E-state index < -0.39 is 17.5 Å². The van der Waals surface area contributed by atoms with Gasteiger partial charge in [-0.2, -0.15) is 0 Å². The van der Waals surface area contributed by atoms with Crippen LogP contribution >= 0.6 is 23.2 Å². The molecule has 3 nitrogen and oxygen atoms in total. The van der Waals surface area contributed by atoms with Crippen molar-refractivity contribution in [3.05, 3.63) is 57.6 Å². The number of anilines is 2. The number of hydrogen-bond donors (Lipinski definition) is 2. The Balaban J connectivity index is 2.28. The lowest BCUT2D eigenvalue weighted by atomic mass is 10.2. The molecule has 104 valence electrons.